The van der Waals surface area contributed by atoms with Crippen LogP contribution >= 0.6 is 0 Å². The quantitative estimate of drug-likeness (QED) is 0.293. The molecule has 1 atom stereocenters. The fourth-order valence-electron chi connectivity index (χ4n) is 4.39. The van der Waals surface area contributed by atoms with Gasteiger partial charge in [-0.15, -0.1) is 0 Å². The molecule has 0 saturated heterocycles. The molecular weight excluding hydrogens is 540 g/mol. The van der Waals surface area contributed by atoms with Crippen molar-refractivity contribution in [2.24, 2.45) is 0 Å². The summed E-state index contributed by atoms with van der Waals surface area (Å²) in [6.07, 6.45) is 1.44. The van der Waals surface area contributed by atoms with Crippen molar-refractivity contribution >= 4 is 32.6 Å². The van der Waals surface area contributed by atoms with Gasteiger partial charge in [-0.2, -0.15) is 0 Å². The van der Waals surface area contributed by atoms with Crippen LogP contribution in [0.4, 0.5) is 20.4 Å². The van der Waals surface area contributed by atoms with Crippen molar-refractivity contribution in [3.8, 4) is 17.0 Å². The number of pyridine rings is 1. The lowest BCUT2D eigenvalue weighted by Crippen LogP contribution is -2.27. The highest BCUT2D eigenvalue weighted by Gasteiger charge is 2.23. The Labute approximate surface area is 228 Å². The van der Waals surface area contributed by atoms with Gasteiger partial charge in [-0.3, -0.25) is 14.1 Å². The zero-order valence-corrected chi connectivity index (χ0v) is 22.1. The number of hydrogen-bond donors (Lipinski definition) is 2. The first kappa shape index (κ1) is 26.8. The molecule has 204 valence electrons. The predicted octanol–water partition coefficient (Wildman–Crippen LogP) is 4.74. The van der Waals surface area contributed by atoms with Crippen LogP contribution in [0.5, 0.6) is 5.88 Å². The Kier molecular flexibility index (Phi) is 6.94. The third-order valence-corrected chi connectivity index (χ3v) is 7.80. The molecule has 0 radical (unpaired) electrons. The number of methoxy groups -OCH3 is 1. The lowest BCUT2D eigenvalue weighted by molar-refractivity contribution is 0.400. The van der Waals surface area contributed by atoms with Crippen LogP contribution in [0.25, 0.3) is 22.0 Å². The van der Waals surface area contributed by atoms with Crippen molar-refractivity contribution in [2.75, 3.05) is 17.6 Å². The molecule has 0 aliphatic rings. The average Bonchev–Trinajstić information content (AvgIpc) is 2.93. The molecule has 2 aromatic heterocycles. The maximum Gasteiger partial charge on any atom is 0.264 e. The van der Waals surface area contributed by atoms with Crippen molar-refractivity contribution in [2.45, 2.75) is 17.9 Å². The number of rotatable bonds is 7. The van der Waals surface area contributed by atoms with Gasteiger partial charge in [0.05, 0.1) is 24.1 Å². The van der Waals surface area contributed by atoms with Crippen LogP contribution in [-0.4, -0.2) is 30.1 Å². The fourth-order valence-corrected chi connectivity index (χ4v) is 5.50. The van der Waals surface area contributed by atoms with E-state index in [0.717, 1.165) is 17.7 Å². The van der Waals surface area contributed by atoms with Gasteiger partial charge < -0.3 is 10.5 Å². The monoisotopic (exact) mass is 563 g/mol. The first-order chi connectivity index (χ1) is 19.1. The van der Waals surface area contributed by atoms with E-state index in [1.807, 2.05) is 37.3 Å². The molecule has 3 aromatic carbocycles. The van der Waals surface area contributed by atoms with Crippen molar-refractivity contribution in [1.82, 2.24) is 14.5 Å². The lowest BCUT2D eigenvalue weighted by atomic mass is 10.0. The highest BCUT2D eigenvalue weighted by Crippen LogP contribution is 2.32. The highest BCUT2D eigenvalue weighted by molar-refractivity contribution is 7.92. The van der Waals surface area contributed by atoms with Crippen LogP contribution in [0, 0.1) is 11.6 Å². The van der Waals surface area contributed by atoms with Crippen LogP contribution in [0.15, 0.2) is 88.7 Å². The second kappa shape index (κ2) is 10.4. The SMILES string of the molecule is COc1ncc(-c2ccc3nc(N)n([C@@H](C)c4ccccc4)c(=O)c3c2)cc1NS(=O)(=O)c1ccc(F)cc1F. The van der Waals surface area contributed by atoms with Crippen molar-refractivity contribution in [3.05, 3.63) is 107 Å². The average molecular weight is 564 g/mol. The minimum Gasteiger partial charge on any atom is -0.480 e. The lowest BCUT2D eigenvalue weighted by Gasteiger charge is -2.18. The van der Waals surface area contributed by atoms with Crippen LogP contribution in [0.2, 0.25) is 0 Å². The van der Waals surface area contributed by atoms with Crippen molar-refractivity contribution in [3.63, 3.8) is 0 Å². The molecule has 0 unspecified atom stereocenters. The van der Waals surface area contributed by atoms with E-state index in [0.29, 0.717) is 28.1 Å². The summed E-state index contributed by atoms with van der Waals surface area (Å²) in [6, 6.07) is 17.5. The number of nitrogens with two attached hydrogens (primary N) is 1. The molecule has 0 saturated carbocycles. The van der Waals surface area contributed by atoms with Crippen LogP contribution < -0.4 is 20.8 Å². The zero-order valence-electron chi connectivity index (χ0n) is 21.3. The van der Waals surface area contributed by atoms with Gasteiger partial charge in [0.2, 0.25) is 11.8 Å². The number of nitrogens with one attached hydrogen (secondary N) is 1. The summed E-state index contributed by atoms with van der Waals surface area (Å²) in [4.78, 5) is 21.4. The standard InChI is InChI=1S/C28H23F2N5O4S/c1-16(17-6-4-3-5-7-17)35-27(36)21-12-18(8-10-23(21)33-28(35)31)19-13-24(26(39-2)32-15-19)34-40(37,38)25-11-9-20(29)14-22(25)30/h3-16,34H,1-2H3,(H2,31,33)/t16-/m0/s1. The smallest absolute Gasteiger partial charge is 0.264 e. The molecule has 2 heterocycles. The second-order valence-corrected chi connectivity index (χ2v) is 10.6. The Morgan fingerprint density at radius 1 is 1.00 bits per heavy atom. The van der Waals surface area contributed by atoms with E-state index < -0.39 is 26.6 Å². The summed E-state index contributed by atoms with van der Waals surface area (Å²) in [5, 5.41) is 0.292. The van der Waals surface area contributed by atoms with E-state index >= 15 is 0 Å². The molecule has 9 nitrogen and oxygen atoms in total. The van der Waals surface area contributed by atoms with Crippen LogP contribution in [-0.2, 0) is 10.0 Å². The maximum atomic E-state index is 14.2. The molecule has 0 fully saturated rings. The summed E-state index contributed by atoms with van der Waals surface area (Å²) in [5.74, 6) is -2.18. The summed E-state index contributed by atoms with van der Waals surface area (Å²) in [7, 11) is -3.18. The van der Waals surface area contributed by atoms with E-state index in [1.165, 1.54) is 23.9 Å². The van der Waals surface area contributed by atoms with Crippen molar-refractivity contribution < 1.29 is 21.9 Å². The van der Waals surface area contributed by atoms with E-state index in [9.17, 15) is 22.0 Å². The topological polar surface area (TPSA) is 129 Å². The molecule has 0 spiro atoms. The molecule has 40 heavy (non-hydrogen) atoms. The van der Waals surface area contributed by atoms with E-state index in [1.54, 1.807) is 18.2 Å². The third-order valence-electron chi connectivity index (χ3n) is 6.40. The molecule has 0 aliphatic carbocycles. The highest BCUT2D eigenvalue weighted by atomic mass is 32.2. The third kappa shape index (κ3) is 4.96. The number of sulfonamides is 1. The van der Waals surface area contributed by atoms with Gasteiger partial charge in [0.25, 0.3) is 15.6 Å². The first-order valence-electron chi connectivity index (χ1n) is 12.0. The van der Waals surface area contributed by atoms with Crippen LogP contribution in [0.3, 0.4) is 0 Å². The number of ether oxygens (including phenoxy) is 1. The fraction of sp³-hybridized carbons (Fsp3) is 0.107. The number of anilines is 2. The number of benzene rings is 3. The predicted molar refractivity (Wildman–Crippen MR) is 148 cm³/mol. The normalized spacial score (nSPS) is 12.3. The number of hydrogen-bond acceptors (Lipinski definition) is 7. The summed E-state index contributed by atoms with van der Waals surface area (Å²) < 4.78 is 62.2. The Balaban J connectivity index is 1.58. The summed E-state index contributed by atoms with van der Waals surface area (Å²) in [6.45, 7) is 1.85. The Bertz CT molecular complexity index is 1910. The maximum absolute atomic E-state index is 14.2. The molecule has 0 aliphatic heterocycles. The zero-order chi connectivity index (χ0) is 28.6. The Morgan fingerprint density at radius 3 is 2.45 bits per heavy atom. The largest absolute Gasteiger partial charge is 0.480 e. The molecule has 5 aromatic rings. The van der Waals surface area contributed by atoms with E-state index in [-0.39, 0.29) is 29.1 Å². The second-order valence-electron chi connectivity index (χ2n) is 8.92. The Hall–Kier alpha value is -4.84. The Morgan fingerprint density at radius 2 is 1.75 bits per heavy atom. The first-order valence-corrected chi connectivity index (χ1v) is 13.5. The summed E-state index contributed by atoms with van der Waals surface area (Å²) in [5.41, 5.74) is 7.95. The molecule has 3 N–H and O–H groups in total. The minimum atomic E-state index is -4.47. The van der Waals surface area contributed by atoms with Gasteiger partial charge in [0, 0.05) is 17.8 Å². The van der Waals surface area contributed by atoms with Gasteiger partial charge in [-0.05, 0) is 48.4 Å². The number of fused-ring (bicyclic) bond motifs is 1. The van der Waals surface area contributed by atoms with Gasteiger partial charge in [0.1, 0.15) is 22.2 Å². The molecule has 5 rings (SSSR count). The minimum absolute atomic E-state index is 0.0671. The van der Waals surface area contributed by atoms with Gasteiger partial charge in [-0.1, -0.05) is 36.4 Å². The number of nitrogen functional groups attached to an aromatic ring is 1. The van der Waals surface area contributed by atoms with Gasteiger partial charge >= 0.3 is 0 Å². The van der Waals surface area contributed by atoms with E-state index in [2.05, 4.69) is 14.7 Å². The molecule has 0 bridgehead atoms. The number of aromatic nitrogens is 3. The number of nitrogens with zero attached hydrogens (tertiary/aromatic N) is 3. The molecule has 0 amide bonds. The van der Waals surface area contributed by atoms with Crippen molar-refractivity contribution in [1.29, 1.82) is 0 Å². The molecular formula is C28H23F2N5O4S. The van der Waals surface area contributed by atoms with Gasteiger partial charge in [-0.25, -0.2) is 27.2 Å². The van der Waals surface area contributed by atoms with Crippen LogP contribution in [0.1, 0.15) is 18.5 Å². The van der Waals surface area contributed by atoms with Gasteiger partial charge in [0.15, 0.2) is 0 Å². The number of halogens is 2. The summed E-state index contributed by atoms with van der Waals surface area (Å²) >= 11 is 0. The van der Waals surface area contributed by atoms with E-state index in [4.69, 9.17) is 10.5 Å². The molecule has 12 heteroatoms.